The highest BCUT2D eigenvalue weighted by Gasteiger charge is 2.20. The lowest BCUT2D eigenvalue weighted by Gasteiger charge is -2.20. The smallest absolute Gasteiger partial charge is 0.252 e. The van der Waals surface area contributed by atoms with E-state index in [2.05, 4.69) is 31.5 Å². The van der Waals surface area contributed by atoms with Gasteiger partial charge in [-0.25, -0.2) is 4.18 Å². The van der Waals surface area contributed by atoms with E-state index in [1.807, 2.05) is 20.8 Å². The molecule has 1 saturated carbocycles. The SMILES string of the molecule is C=CC.CC.CC(C)C.COS(=O)(=O)OC1CCCCC1. The molecule has 1 aliphatic rings. The van der Waals surface area contributed by atoms with Crippen LogP contribution in [0.2, 0.25) is 0 Å². The van der Waals surface area contributed by atoms with Crippen molar-refractivity contribution in [1.82, 2.24) is 0 Å². The topological polar surface area (TPSA) is 52.6 Å². The third-order valence-electron chi connectivity index (χ3n) is 2.01. The predicted molar refractivity (Wildman–Crippen MR) is 91.6 cm³/mol. The van der Waals surface area contributed by atoms with Gasteiger partial charge in [-0.3, -0.25) is 4.18 Å². The van der Waals surface area contributed by atoms with Crippen molar-refractivity contribution in [3.63, 3.8) is 0 Å². The van der Waals surface area contributed by atoms with Crippen LogP contribution in [0.25, 0.3) is 0 Å². The molecular weight excluding hydrogens is 288 g/mol. The molecule has 0 amide bonds. The molecule has 1 aliphatic carbocycles. The van der Waals surface area contributed by atoms with E-state index in [-0.39, 0.29) is 6.10 Å². The van der Waals surface area contributed by atoms with Crippen molar-refractivity contribution in [1.29, 1.82) is 0 Å². The highest BCUT2D eigenvalue weighted by molar-refractivity contribution is 7.81. The molecular formula is C16H36O4S. The van der Waals surface area contributed by atoms with Crippen molar-refractivity contribution >= 4 is 10.4 Å². The second-order valence-electron chi connectivity index (χ2n) is 5.07. The predicted octanol–water partition coefficient (Wildman–Crippen LogP) is 5.11. The minimum atomic E-state index is -3.72. The lowest BCUT2D eigenvalue weighted by Crippen LogP contribution is -2.21. The maximum Gasteiger partial charge on any atom is 0.399 e. The molecule has 0 bridgehead atoms. The van der Waals surface area contributed by atoms with Gasteiger partial charge in [0, 0.05) is 0 Å². The molecule has 130 valence electrons. The summed E-state index contributed by atoms with van der Waals surface area (Å²) in [5.74, 6) is 0.833. The van der Waals surface area contributed by atoms with Gasteiger partial charge < -0.3 is 0 Å². The first-order valence-corrected chi connectivity index (χ1v) is 9.18. The molecule has 0 spiro atoms. The highest BCUT2D eigenvalue weighted by Crippen LogP contribution is 2.21. The molecule has 0 saturated heterocycles. The van der Waals surface area contributed by atoms with Crippen molar-refractivity contribution in [3.05, 3.63) is 12.7 Å². The average molecular weight is 325 g/mol. The van der Waals surface area contributed by atoms with Gasteiger partial charge in [0.25, 0.3) is 0 Å². The Hall–Kier alpha value is -0.390. The van der Waals surface area contributed by atoms with Gasteiger partial charge in [0.05, 0.1) is 13.2 Å². The molecule has 1 rings (SSSR count). The van der Waals surface area contributed by atoms with Gasteiger partial charge in [0.2, 0.25) is 0 Å². The van der Waals surface area contributed by atoms with Crippen LogP contribution >= 0.6 is 0 Å². The van der Waals surface area contributed by atoms with E-state index in [0.717, 1.165) is 38.7 Å². The first kappa shape index (κ1) is 25.6. The lowest BCUT2D eigenvalue weighted by molar-refractivity contribution is 0.134. The largest absolute Gasteiger partial charge is 0.399 e. The third-order valence-corrected chi connectivity index (χ3v) is 2.93. The van der Waals surface area contributed by atoms with E-state index in [0.29, 0.717) is 0 Å². The zero-order valence-corrected chi connectivity index (χ0v) is 15.8. The van der Waals surface area contributed by atoms with E-state index in [4.69, 9.17) is 4.18 Å². The molecule has 21 heavy (non-hydrogen) atoms. The van der Waals surface area contributed by atoms with Gasteiger partial charge in [0.15, 0.2) is 0 Å². The summed E-state index contributed by atoms with van der Waals surface area (Å²) in [5.41, 5.74) is 0. The minimum Gasteiger partial charge on any atom is -0.252 e. The summed E-state index contributed by atoms with van der Waals surface area (Å²) in [6.45, 7) is 15.7. The molecule has 0 aromatic heterocycles. The minimum absolute atomic E-state index is 0.163. The molecule has 0 N–H and O–H groups in total. The Morgan fingerprint density at radius 3 is 1.71 bits per heavy atom. The highest BCUT2D eigenvalue weighted by atomic mass is 32.3. The van der Waals surface area contributed by atoms with E-state index >= 15 is 0 Å². The maximum absolute atomic E-state index is 10.8. The van der Waals surface area contributed by atoms with Gasteiger partial charge in [-0.15, -0.1) is 6.58 Å². The molecule has 1 fully saturated rings. The number of hydrogen-bond acceptors (Lipinski definition) is 4. The van der Waals surface area contributed by atoms with Crippen molar-refractivity contribution in [2.24, 2.45) is 5.92 Å². The molecule has 0 radical (unpaired) electrons. The molecule has 5 heteroatoms. The van der Waals surface area contributed by atoms with Crippen LogP contribution in [-0.4, -0.2) is 21.6 Å². The molecule has 0 heterocycles. The summed E-state index contributed by atoms with van der Waals surface area (Å²) >= 11 is 0. The van der Waals surface area contributed by atoms with Gasteiger partial charge in [-0.1, -0.05) is 60.0 Å². The van der Waals surface area contributed by atoms with Crippen LogP contribution in [-0.2, 0) is 18.8 Å². The summed E-state index contributed by atoms with van der Waals surface area (Å²) in [7, 11) is -2.61. The Kier molecular flexibility index (Phi) is 21.5. The first-order valence-electron chi connectivity index (χ1n) is 7.84. The monoisotopic (exact) mass is 324 g/mol. The van der Waals surface area contributed by atoms with Gasteiger partial charge in [0.1, 0.15) is 0 Å². The van der Waals surface area contributed by atoms with E-state index in [1.54, 1.807) is 6.08 Å². The van der Waals surface area contributed by atoms with Crippen LogP contribution in [0.3, 0.4) is 0 Å². The Bertz CT molecular complexity index is 289. The maximum atomic E-state index is 10.8. The number of hydrogen-bond donors (Lipinski definition) is 0. The van der Waals surface area contributed by atoms with Crippen molar-refractivity contribution in [3.8, 4) is 0 Å². The number of rotatable bonds is 3. The summed E-state index contributed by atoms with van der Waals surface area (Å²) in [5, 5.41) is 0. The molecule has 0 aliphatic heterocycles. The quantitative estimate of drug-likeness (QED) is 0.677. The summed E-state index contributed by atoms with van der Waals surface area (Å²) in [6, 6.07) is 0. The fraction of sp³-hybridized carbons (Fsp3) is 0.875. The average Bonchev–Trinajstić information content (AvgIpc) is 2.42. The zero-order valence-electron chi connectivity index (χ0n) is 15.0. The zero-order chi connectivity index (χ0) is 17.3. The third kappa shape index (κ3) is 25.0. The van der Waals surface area contributed by atoms with Crippen LogP contribution in [0.4, 0.5) is 0 Å². The Morgan fingerprint density at radius 2 is 1.43 bits per heavy atom. The van der Waals surface area contributed by atoms with Gasteiger partial charge in [-0.2, -0.15) is 8.42 Å². The normalized spacial score (nSPS) is 14.7. The fourth-order valence-corrected chi connectivity index (χ4v) is 1.97. The molecule has 0 aromatic carbocycles. The van der Waals surface area contributed by atoms with Crippen LogP contribution in [0.15, 0.2) is 12.7 Å². The van der Waals surface area contributed by atoms with Crippen molar-refractivity contribution in [2.75, 3.05) is 7.11 Å². The van der Waals surface area contributed by atoms with Crippen molar-refractivity contribution < 1.29 is 16.8 Å². The summed E-state index contributed by atoms with van der Waals surface area (Å²) in [4.78, 5) is 0. The summed E-state index contributed by atoms with van der Waals surface area (Å²) < 4.78 is 30.6. The van der Waals surface area contributed by atoms with E-state index in [1.165, 1.54) is 6.42 Å². The lowest BCUT2D eigenvalue weighted by atomic mass is 9.98. The molecule has 0 aromatic rings. The Labute approximate surface area is 133 Å². The molecule has 4 nitrogen and oxygen atoms in total. The second-order valence-corrected chi connectivity index (χ2v) is 6.41. The van der Waals surface area contributed by atoms with Crippen molar-refractivity contribution in [2.45, 2.75) is 79.8 Å². The molecule has 0 atom stereocenters. The van der Waals surface area contributed by atoms with Crippen LogP contribution in [0, 0.1) is 5.92 Å². The Morgan fingerprint density at radius 1 is 1.10 bits per heavy atom. The van der Waals surface area contributed by atoms with Gasteiger partial charge >= 0.3 is 10.4 Å². The standard InChI is InChI=1S/C7H14O4S.C4H10.C3H6.C2H6/c1-10-12(8,9)11-7-5-3-2-4-6-7;1-4(2)3;1-3-2;1-2/h7H,2-6H2,1H3;4H,1-3H3;3H,1H2,2H3;1-2H3. The van der Waals surface area contributed by atoms with Crippen LogP contribution < -0.4 is 0 Å². The Balaban J connectivity index is -0.000000301. The fourth-order valence-electron chi connectivity index (χ4n) is 1.37. The van der Waals surface area contributed by atoms with E-state index in [9.17, 15) is 8.42 Å². The molecule has 0 unspecified atom stereocenters. The summed E-state index contributed by atoms with van der Waals surface area (Å²) in [6.07, 6.45) is 6.50. The van der Waals surface area contributed by atoms with E-state index < -0.39 is 10.4 Å². The second kappa shape index (κ2) is 17.7. The number of allylic oxidation sites excluding steroid dienone is 1. The van der Waals surface area contributed by atoms with Crippen LogP contribution in [0.5, 0.6) is 0 Å². The van der Waals surface area contributed by atoms with Gasteiger partial charge in [-0.05, 0) is 25.7 Å². The van der Waals surface area contributed by atoms with Crippen LogP contribution in [0.1, 0.15) is 73.6 Å². The first-order chi connectivity index (χ1) is 9.79.